The second-order valence-corrected chi connectivity index (χ2v) is 17.3. The number of anilines is 3. The predicted octanol–water partition coefficient (Wildman–Crippen LogP) is 16.2. The molecule has 0 saturated heterocycles. The Bertz CT molecular complexity index is 3680. The average Bonchev–Trinajstić information content (AvgIpc) is 4.05. The first-order chi connectivity index (χ1) is 32.7. The first-order valence-electron chi connectivity index (χ1n) is 22.8. The van der Waals surface area contributed by atoms with Crippen LogP contribution in [-0.4, -0.2) is 9.13 Å². The van der Waals surface area contributed by atoms with Crippen LogP contribution in [0.4, 0.5) is 17.1 Å². The molecule has 0 atom stereocenters. The van der Waals surface area contributed by atoms with Crippen LogP contribution in [0, 0.1) is 0 Å². The molecule has 0 spiro atoms. The van der Waals surface area contributed by atoms with Gasteiger partial charge in [0.05, 0.1) is 22.0 Å². The highest BCUT2D eigenvalue weighted by Gasteiger charge is 2.46. The van der Waals surface area contributed by atoms with E-state index in [0.717, 1.165) is 34.0 Å². The monoisotopic (exact) mass is 841 g/mol. The minimum Gasteiger partial charge on any atom is -0.317 e. The van der Waals surface area contributed by atoms with E-state index in [0.29, 0.717) is 0 Å². The van der Waals surface area contributed by atoms with Crippen molar-refractivity contribution in [3.8, 4) is 33.6 Å². The van der Waals surface area contributed by atoms with Crippen molar-refractivity contribution in [1.29, 1.82) is 0 Å². The topological polar surface area (TPSA) is 13.1 Å². The molecule has 2 aromatic heterocycles. The van der Waals surface area contributed by atoms with Crippen molar-refractivity contribution < 1.29 is 0 Å². The molecule has 1 aliphatic carbocycles. The molecule has 3 heteroatoms. The fourth-order valence-electron chi connectivity index (χ4n) is 10.9. The van der Waals surface area contributed by atoms with E-state index in [2.05, 4.69) is 275 Å². The molecular formula is C63H43N3. The van der Waals surface area contributed by atoms with Gasteiger partial charge in [-0.15, -0.1) is 0 Å². The van der Waals surface area contributed by atoms with Gasteiger partial charge in [-0.05, 0) is 129 Å². The van der Waals surface area contributed by atoms with Gasteiger partial charge in [-0.2, -0.15) is 0 Å². The molecule has 0 aliphatic heterocycles. The summed E-state index contributed by atoms with van der Waals surface area (Å²) in [6, 6.07) is 93.4. The van der Waals surface area contributed by atoms with Gasteiger partial charge in [0.1, 0.15) is 0 Å². The summed E-state index contributed by atoms with van der Waals surface area (Å²) in [5.74, 6) is 0. The standard InChI is InChI=1S/C63H43N3/c1-6-18-44(19-7-1)45-30-32-51(33-31-45)65(53-34-36-55-54-28-16-17-29-58(54)63(59(55)42-53,47-20-8-2-9-21-47)48-22-10-3-11-23-48)52-35-37-60-56(41-52)57-43-61-46(38-39-64(61)49-24-12-4-13-25-49)40-62(57)66(60)50-26-14-5-15-27-50/h1-43H. The van der Waals surface area contributed by atoms with Gasteiger partial charge in [0.25, 0.3) is 0 Å². The van der Waals surface area contributed by atoms with Crippen molar-refractivity contribution >= 4 is 49.8 Å². The molecule has 66 heavy (non-hydrogen) atoms. The first kappa shape index (κ1) is 37.9. The number of hydrogen-bond donors (Lipinski definition) is 0. The second-order valence-electron chi connectivity index (χ2n) is 17.3. The van der Waals surface area contributed by atoms with Crippen LogP contribution >= 0.6 is 0 Å². The summed E-state index contributed by atoms with van der Waals surface area (Å²) in [5.41, 5.74) is 18.5. The van der Waals surface area contributed by atoms with Crippen molar-refractivity contribution in [1.82, 2.24) is 9.13 Å². The Balaban J connectivity index is 1.07. The summed E-state index contributed by atoms with van der Waals surface area (Å²) < 4.78 is 4.73. The van der Waals surface area contributed by atoms with Crippen LogP contribution in [0.3, 0.4) is 0 Å². The SMILES string of the molecule is c1ccc(-c2ccc(N(c3ccc4c(c3)C(c3ccccc3)(c3ccccc3)c3ccccc3-4)c3ccc4c(c3)c3cc5c(ccn5-c5ccccc5)cc3n4-c3ccccc3)cc2)cc1. The van der Waals surface area contributed by atoms with E-state index < -0.39 is 5.41 Å². The van der Waals surface area contributed by atoms with Crippen LogP contribution in [0.25, 0.3) is 66.3 Å². The largest absolute Gasteiger partial charge is 0.317 e. The van der Waals surface area contributed by atoms with E-state index in [1.165, 1.54) is 71.7 Å². The van der Waals surface area contributed by atoms with E-state index in [-0.39, 0.29) is 0 Å². The highest BCUT2D eigenvalue weighted by atomic mass is 15.1. The summed E-state index contributed by atoms with van der Waals surface area (Å²) in [6.45, 7) is 0. The summed E-state index contributed by atoms with van der Waals surface area (Å²) in [6.07, 6.45) is 2.19. The van der Waals surface area contributed by atoms with Crippen LogP contribution in [-0.2, 0) is 5.41 Å². The molecule has 0 radical (unpaired) electrons. The zero-order valence-corrected chi connectivity index (χ0v) is 36.2. The van der Waals surface area contributed by atoms with Gasteiger partial charge in [0.15, 0.2) is 0 Å². The third kappa shape index (κ3) is 5.84. The predicted molar refractivity (Wildman–Crippen MR) is 275 cm³/mol. The smallest absolute Gasteiger partial charge is 0.0714 e. The molecule has 310 valence electrons. The zero-order valence-electron chi connectivity index (χ0n) is 36.2. The molecule has 0 amide bonds. The van der Waals surface area contributed by atoms with Crippen LogP contribution in [0.15, 0.2) is 261 Å². The second kappa shape index (κ2) is 15.3. The minimum atomic E-state index is -0.528. The molecule has 1 aliphatic rings. The highest BCUT2D eigenvalue weighted by Crippen LogP contribution is 2.57. The Kier molecular flexibility index (Phi) is 8.75. The third-order valence-electron chi connectivity index (χ3n) is 13.8. The minimum absolute atomic E-state index is 0.528. The number of nitrogens with zero attached hydrogens (tertiary/aromatic N) is 3. The summed E-state index contributed by atoms with van der Waals surface area (Å²) >= 11 is 0. The number of rotatable bonds is 8. The Morgan fingerprint density at radius 3 is 1.56 bits per heavy atom. The lowest BCUT2D eigenvalue weighted by molar-refractivity contribution is 0.768. The van der Waals surface area contributed by atoms with Crippen molar-refractivity contribution in [2.24, 2.45) is 0 Å². The van der Waals surface area contributed by atoms with Gasteiger partial charge in [0.2, 0.25) is 0 Å². The molecule has 13 rings (SSSR count). The maximum absolute atomic E-state index is 2.47. The Labute approximate surface area is 384 Å². The van der Waals surface area contributed by atoms with E-state index in [1.54, 1.807) is 0 Å². The molecule has 12 aromatic rings. The highest BCUT2D eigenvalue weighted by molar-refractivity contribution is 6.14. The maximum atomic E-state index is 2.47. The van der Waals surface area contributed by atoms with Gasteiger partial charge in [-0.3, -0.25) is 0 Å². The third-order valence-corrected chi connectivity index (χ3v) is 13.8. The summed E-state index contributed by atoms with van der Waals surface area (Å²) in [5, 5.41) is 3.60. The van der Waals surface area contributed by atoms with Gasteiger partial charge < -0.3 is 14.0 Å². The number of aromatic nitrogens is 2. The molecular weight excluding hydrogens is 799 g/mol. The molecule has 10 aromatic carbocycles. The van der Waals surface area contributed by atoms with Gasteiger partial charge in [-0.1, -0.05) is 170 Å². The summed E-state index contributed by atoms with van der Waals surface area (Å²) in [7, 11) is 0. The lowest BCUT2D eigenvalue weighted by atomic mass is 9.67. The number of benzene rings is 10. The van der Waals surface area contributed by atoms with Crippen molar-refractivity contribution in [2.45, 2.75) is 5.41 Å². The average molecular weight is 842 g/mol. The van der Waals surface area contributed by atoms with Gasteiger partial charge >= 0.3 is 0 Å². The zero-order chi connectivity index (χ0) is 43.6. The van der Waals surface area contributed by atoms with Crippen LogP contribution in [0.1, 0.15) is 22.3 Å². The van der Waals surface area contributed by atoms with Crippen molar-refractivity contribution in [3.05, 3.63) is 283 Å². The van der Waals surface area contributed by atoms with Crippen LogP contribution in [0.2, 0.25) is 0 Å². The molecule has 0 saturated carbocycles. The van der Waals surface area contributed by atoms with E-state index in [1.807, 2.05) is 0 Å². The molecule has 0 fully saturated rings. The Morgan fingerprint density at radius 1 is 0.333 bits per heavy atom. The number of fused-ring (bicyclic) bond motifs is 7. The summed E-state index contributed by atoms with van der Waals surface area (Å²) in [4.78, 5) is 2.45. The fraction of sp³-hybridized carbons (Fsp3) is 0.0159. The van der Waals surface area contributed by atoms with Gasteiger partial charge in [-0.25, -0.2) is 0 Å². The first-order valence-corrected chi connectivity index (χ1v) is 22.8. The number of hydrogen-bond acceptors (Lipinski definition) is 1. The van der Waals surface area contributed by atoms with E-state index >= 15 is 0 Å². The lowest BCUT2D eigenvalue weighted by Crippen LogP contribution is -2.28. The lowest BCUT2D eigenvalue weighted by Gasteiger charge is -2.35. The molecule has 0 unspecified atom stereocenters. The fourth-order valence-corrected chi connectivity index (χ4v) is 10.9. The van der Waals surface area contributed by atoms with Crippen LogP contribution in [0.5, 0.6) is 0 Å². The molecule has 0 bridgehead atoms. The maximum Gasteiger partial charge on any atom is 0.0714 e. The van der Waals surface area contributed by atoms with Crippen molar-refractivity contribution in [2.75, 3.05) is 4.90 Å². The number of para-hydroxylation sites is 2. The molecule has 3 nitrogen and oxygen atoms in total. The Morgan fingerprint density at radius 2 is 0.864 bits per heavy atom. The van der Waals surface area contributed by atoms with E-state index in [9.17, 15) is 0 Å². The Hall–Kier alpha value is -8.66. The molecule has 0 N–H and O–H groups in total. The van der Waals surface area contributed by atoms with Crippen molar-refractivity contribution in [3.63, 3.8) is 0 Å². The molecule has 2 heterocycles. The van der Waals surface area contributed by atoms with Gasteiger partial charge in [0, 0.05) is 50.8 Å². The van der Waals surface area contributed by atoms with E-state index in [4.69, 9.17) is 0 Å². The quantitative estimate of drug-likeness (QED) is 0.149. The van der Waals surface area contributed by atoms with Crippen LogP contribution < -0.4 is 4.90 Å². The normalized spacial score (nSPS) is 12.7.